The fourth-order valence-corrected chi connectivity index (χ4v) is 2.38. The summed E-state index contributed by atoms with van der Waals surface area (Å²) in [4.78, 5) is 18.9. The van der Waals surface area contributed by atoms with E-state index in [0.29, 0.717) is 18.7 Å². The van der Waals surface area contributed by atoms with Crippen molar-refractivity contribution in [2.45, 2.75) is 75.7 Å². The van der Waals surface area contributed by atoms with Crippen molar-refractivity contribution in [2.24, 2.45) is 4.99 Å². The van der Waals surface area contributed by atoms with E-state index >= 15 is 0 Å². The standard InChI is InChI=1S/C24H33N3O2.4C2H6/c1-7-10-19(3)11-12-20(4)21-13-15-22(16-14-21)23(28)29-24(25-8-2)26-17-9-18-27(5)6;4*1-2/h7,10-16H,3-4,8-9,17-18H2,1-2,5-6H3,(H,25,26);4*1-2H3/b10-7-,12-11+;;;;. The predicted molar refractivity (Wildman–Crippen MR) is 169 cm³/mol. The third kappa shape index (κ3) is 23.2. The van der Waals surface area contributed by atoms with Gasteiger partial charge in [-0.15, -0.1) is 0 Å². The molecular weight excluding hydrogens is 458 g/mol. The zero-order valence-electron chi connectivity index (χ0n) is 26.1. The third-order valence-electron chi connectivity index (χ3n) is 3.91. The van der Waals surface area contributed by atoms with Gasteiger partial charge < -0.3 is 15.0 Å². The minimum absolute atomic E-state index is 0.259. The Morgan fingerprint density at radius 2 is 1.43 bits per heavy atom. The van der Waals surface area contributed by atoms with Crippen LogP contribution in [-0.2, 0) is 4.74 Å². The number of nitrogens with zero attached hydrogens (tertiary/aromatic N) is 2. The van der Waals surface area contributed by atoms with Gasteiger partial charge in [0.05, 0.1) is 5.56 Å². The highest BCUT2D eigenvalue weighted by molar-refractivity contribution is 5.98. The molecule has 0 aliphatic carbocycles. The Morgan fingerprint density at radius 3 is 1.89 bits per heavy atom. The molecule has 0 aromatic heterocycles. The molecule has 0 radical (unpaired) electrons. The molecule has 0 amide bonds. The van der Waals surface area contributed by atoms with Gasteiger partial charge >= 0.3 is 5.97 Å². The molecule has 0 heterocycles. The highest BCUT2D eigenvalue weighted by Crippen LogP contribution is 2.16. The maximum absolute atomic E-state index is 12.4. The SMILES string of the molecule is C=C(/C=C\C)/C=C/C(=C)c1ccc(C(=O)OC(=NCCCN(C)C)NCC)cc1.CC.CC.CC.CC. The van der Waals surface area contributed by atoms with E-state index in [-0.39, 0.29) is 6.02 Å². The molecule has 1 aromatic carbocycles. The number of rotatable bonds is 10. The molecule has 0 bridgehead atoms. The smallest absolute Gasteiger partial charge is 0.345 e. The molecular formula is C32H57N3O2. The first-order valence-corrected chi connectivity index (χ1v) is 13.8. The molecule has 0 saturated carbocycles. The van der Waals surface area contributed by atoms with Crippen LogP contribution in [0.3, 0.4) is 0 Å². The molecule has 5 nitrogen and oxygen atoms in total. The lowest BCUT2D eigenvalue weighted by Crippen LogP contribution is -2.29. The number of esters is 1. The Bertz CT molecular complexity index is 774. The van der Waals surface area contributed by atoms with E-state index in [1.54, 1.807) is 12.1 Å². The average Bonchev–Trinajstić information content (AvgIpc) is 2.94. The van der Waals surface area contributed by atoms with E-state index in [9.17, 15) is 4.79 Å². The second-order valence-electron chi connectivity index (χ2n) is 6.77. The number of allylic oxidation sites excluding steroid dienone is 6. The van der Waals surface area contributed by atoms with Crippen molar-refractivity contribution in [1.29, 1.82) is 0 Å². The van der Waals surface area contributed by atoms with Crippen LogP contribution in [0.15, 0.2) is 72.3 Å². The van der Waals surface area contributed by atoms with Crippen molar-refractivity contribution in [1.82, 2.24) is 10.2 Å². The quantitative estimate of drug-likeness (QED) is 0.111. The zero-order valence-corrected chi connectivity index (χ0v) is 26.1. The van der Waals surface area contributed by atoms with Crippen LogP contribution in [-0.4, -0.2) is 50.6 Å². The van der Waals surface area contributed by atoms with Crippen LogP contribution in [0.5, 0.6) is 0 Å². The van der Waals surface area contributed by atoms with Gasteiger partial charge in [0.2, 0.25) is 0 Å². The summed E-state index contributed by atoms with van der Waals surface area (Å²) in [6, 6.07) is 7.42. The first-order valence-electron chi connectivity index (χ1n) is 13.8. The van der Waals surface area contributed by atoms with Crippen molar-refractivity contribution in [3.63, 3.8) is 0 Å². The van der Waals surface area contributed by atoms with Gasteiger partial charge in [0.1, 0.15) is 0 Å². The summed E-state index contributed by atoms with van der Waals surface area (Å²) in [5.41, 5.74) is 3.12. The van der Waals surface area contributed by atoms with Crippen molar-refractivity contribution in [2.75, 3.05) is 33.7 Å². The van der Waals surface area contributed by atoms with E-state index in [0.717, 1.165) is 29.7 Å². The molecule has 0 aliphatic rings. The molecule has 1 N–H and O–H groups in total. The molecule has 0 atom stereocenters. The lowest BCUT2D eigenvalue weighted by molar-refractivity contribution is 0.0707. The van der Waals surface area contributed by atoms with Crippen LogP contribution in [0.25, 0.3) is 5.57 Å². The second-order valence-corrected chi connectivity index (χ2v) is 6.77. The number of ether oxygens (including phenoxy) is 1. The van der Waals surface area contributed by atoms with Crippen molar-refractivity contribution in [3.8, 4) is 0 Å². The molecule has 0 fully saturated rings. The van der Waals surface area contributed by atoms with Gasteiger partial charge in [0.25, 0.3) is 6.02 Å². The Hall–Kier alpha value is -2.92. The third-order valence-corrected chi connectivity index (χ3v) is 3.91. The Balaban J connectivity index is -0.000000617. The summed E-state index contributed by atoms with van der Waals surface area (Å²) in [5.74, 6) is -0.438. The fraction of sp³-hybridized carbons (Fsp3) is 0.500. The normalized spacial score (nSPS) is 10.0. The van der Waals surface area contributed by atoms with Crippen LogP contribution < -0.4 is 5.32 Å². The lowest BCUT2D eigenvalue weighted by Gasteiger charge is -2.10. The number of carbonyl (C=O) groups excluding carboxylic acids is 1. The van der Waals surface area contributed by atoms with Crippen LogP contribution in [0, 0.1) is 0 Å². The summed E-state index contributed by atoms with van der Waals surface area (Å²) in [7, 11) is 4.03. The molecule has 37 heavy (non-hydrogen) atoms. The Kier molecular flexibility index (Phi) is 34.7. The van der Waals surface area contributed by atoms with Gasteiger partial charge in [-0.05, 0) is 69.8 Å². The number of carbonyl (C=O) groups is 1. The van der Waals surface area contributed by atoms with E-state index in [1.165, 1.54) is 0 Å². The van der Waals surface area contributed by atoms with Crippen LogP contribution in [0.1, 0.15) is 91.6 Å². The summed E-state index contributed by atoms with van der Waals surface area (Å²) in [6.07, 6.45) is 8.56. The fourth-order valence-electron chi connectivity index (χ4n) is 2.38. The molecule has 0 unspecified atom stereocenters. The average molecular weight is 516 g/mol. The Labute approximate surface area is 230 Å². The minimum Gasteiger partial charge on any atom is -0.389 e. The Morgan fingerprint density at radius 1 is 0.919 bits per heavy atom. The maximum atomic E-state index is 12.4. The van der Waals surface area contributed by atoms with E-state index in [2.05, 4.69) is 28.4 Å². The van der Waals surface area contributed by atoms with Gasteiger partial charge in [-0.2, -0.15) is 0 Å². The van der Waals surface area contributed by atoms with E-state index < -0.39 is 5.97 Å². The number of hydrogen-bond acceptors (Lipinski definition) is 4. The van der Waals surface area contributed by atoms with E-state index in [4.69, 9.17) is 4.74 Å². The lowest BCUT2D eigenvalue weighted by atomic mass is 10.0. The number of hydrogen-bond donors (Lipinski definition) is 1. The maximum Gasteiger partial charge on any atom is 0.345 e. The van der Waals surface area contributed by atoms with Crippen LogP contribution in [0.2, 0.25) is 0 Å². The first-order chi connectivity index (χ1) is 17.9. The largest absolute Gasteiger partial charge is 0.389 e. The summed E-state index contributed by atoms with van der Waals surface area (Å²) >= 11 is 0. The summed E-state index contributed by atoms with van der Waals surface area (Å²) < 4.78 is 5.42. The molecule has 0 spiro atoms. The molecule has 0 saturated heterocycles. The minimum atomic E-state index is -0.438. The van der Waals surface area contributed by atoms with Gasteiger partial charge in [0.15, 0.2) is 0 Å². The van der Waals surface area contributed by atoms with Gasteiger partial charge in [-0.3, -0.25) is 0 Å². The van der Waals surface area contributed by atoms with Gasteiger partial charge in [-0.25, -0.2) is 9.79 Å². The number of amidine groups is 1. The first kappa shape index (κ1) is 41.2. The monoisotopic (exact) mass is 515 g/mol. The number of nitrogens with one attached hydrogen (secondary N) is 1. The van der Waals surface area contributed by atoms with E-state index in [1.807, 2.05) is 120 Å². The van der Waals surface area contributed by atoms with Gasteiger partial charge in [-0.1, -0.05) is 105 Å². The number of aliphatic imine (C=N–C) groups is 1. The highest BCUT2D eigenvalue weighted by Gasteiger charge is 2.11. The molecule has 212 valence electrons. The summed E-state index contributed by atoms with van der Waals surface area (Å²) in [6.45, 7) is 30.0. The topological polar surface area (TPSA) is 53.9 Å². The van der Waals surface area contributed by atoms with Crippen molar-refractivity contribution in [3.05, 3.63) is 78.4 Å². The zero-order chi connectivity index (χ0) is 29.6. The predicted octanol–water partition coefficient (Wildman–Crippen LogP) is 8.57. The van der Waals surface area contributed by atoms with Gasteiger partial charge in [0, 0.05) is 13.1 Å². The number of benzene rings is 1. The second kappa shape index (κ2) is 31.1. The van der Waals surface area contributed by atoms with Crippen molar-refractivity contribution >= 4 is 17.6 Å². The highest BCUT2D eigenvalue weighted by atomic mass is 16.6. The van der Waals surface area contributed by atoms with Crippen LogP contribution >= 0.6 is 0 Å². The molecule has 0 aliphatic heterocycles. The van der Waals surface area contributed by atoms with Crippen LogP contribution in [0.4, 0.5) is 0 Å². The molecule has 5 heteroatoms. The molecule has 1 aromatic rings. The van der Waals surface area contributed by atoms with Crippen molar-refractivity contribution < 1.29 is 9.53 Å². The molecule has 1 rings (SSSR count). The summed E-state index contributed by atoms with van der Waals surface area (Å²) in [5, 5.41) is 2.99.